The molecule has 0 radical (unpaired) electrons. The van der Waals surface area contributed by atoms with Crippen LogP contribution in [0, 0.1) is 6.92 Å². The van der Waals surface area contributed by atoms with Crippen molar-refractivity contribution < 1.29 is 4.74 Å². The van der Waals surface area contributed by atoms with Crippen LogP contribution in [0.3, 0.4) is 0 Å². The van der Waals surface area contributed by atoms with Crippen molar-refractivity contribution in [3.63, 3.8) is 0 Å². The number of ether oxygens (including phenoxy) is 1. The van der Waals surface area contributed by atoms with E-state index in [0.29, 0.717) is 0 Å². The molecule has 0 fully saturated rings. The van der Waals surface area contributed by atoms with Gasteiger partial charge in [0.25, 0.3) is 0 Å². The van der Waals surface area contributed by atoms with E-state index in [4.69, 9.17) is 4.74 Å². The van der Waals surface area contributed by atoms with E-state index < -0.39 is 0 Å². The zero-order chi connectivity index (χ0) is 13.0. The number of nitrogens with zero attached hydrogens (tertiary/aromatic N) is 1. The van der Waals surface area contributed by atoms with E-state index in [1.165, 1.54) is 5.56 Å². The average Bonchev–Trinajstić information content (AvgIpc) is 2.83. The second-order valence-corrected chi connectivity index (χ2v) is 5.13. The van der Waals surface area contributed by atoms with Crippen molar-refractivity contribution in [1.29, 1.82) is 0 Å². The van der Waals surface area contributed by atoms with Crippen molar-refractivity contribution >= 4 is 11.3 Å². The molecule has 1 N–H and O–H groups in total. The van der Waals surface area contributed by atoms with Crippen LogP contribution in [0.1, 0.15) is 29.2 Å². The predicted molar refractivity (Wildman–Crippen MR) is 75.1 cm³/mol. The van der Waals surface area contributed by atoms with Crippen LogP contribution in [0.2, 0.25) is 0 Å². The maximum Gasteiger partial charge on any atom is 0.123 e. The van der Waals surface area contributed by atoms with Gasteiger partial charge in [0.1, 0.15) is 10.8 Å². The van der Waals surface area contributed by atoms with Crippen molar-refractivity contribution in [2.45, 2.75) is 26.4 Å². The SMILES string of the molecule is COc1ccccc1CNC(C)c1nc(C)cs1. The molecule has 0 aliphatic rings. The van der Waals surface area contributed by atoms with Gasteiger partial charge in [-0.25, -0.2) is 4.98 Å². The van der Waals surface area contributed by atoms with Crippen molar-refractivity contribution in [1.82, 2.24) is 10.3 Å². The molecule has 0 amide bonds. The van der Waals surface area contributed by atoms with Crippen LogP contribution in [0.5, 0.6) is 5.75 Å². The van der Waals surface area contributed by atoms with Gasteiger partial charge in [0.15, 0.2) is 0 Å². The van der Waals surface area contributed by atoms with E-state index in [2.05, 4.69) is 28.7 Å². The molecule has 1 aromatic carbocycles. The molecule has 0 spiro atoms. The Bertz CT molecular complexity index is 510. The van der Waals surface area contributed by atoms with Gasteiger partial charge < -0.3 is 10.1 Å². The molecular formula is C14H18N2OS. The smallest absolute Gasteiger partial charge is 0.123 e. The largest absolute Gasteiger partial charge is 0.496 e. The number of methoxy groups -OCH3 is 1. The van der Waals surface area contributed by atoms with E-state index >= 15 is 0 Å². The van der Waals surface area contributed by atoms with Gasteiger partial charge in [0.2, 0.25) is 0 Å². The van der Waals surface area contributed by atoms with Gasteiger partial charge in [-0.1, -0.05) is 18.2 Å². The van der Waals surface area contributed by atoms with Crippen molar-refractivity contribution in [2.75, 3.05) is 7.11 Å². The minimum Gasteiger partial charge on any atom is -0.496 e. The number of hydrogen-bond acceptors (Lipinski definition) is 4. The van der Waals surface area contributed by atoms with Crippen LogP contribution in [0.15, 0.2) is 29.6 Å². The van der Waals surface area contributed by atoms with Gasteiger partial charge in [-0.15, -0.1) is 11.3 Å². The van der Waals surface area contributed by atoms with E-state index in [9.17, 15) is 0 Å². The van der Waals surface area contributed by atoms with Crippen LogP contribution >= 0.6 is 11.3 Å². The fraction of sp³-hybridized carbons (Fsp3) is 0.357. The monoisotopic (exact) mass is 262 g/mol. The summed E-state index contributed by atoms with van der Waals surface area (Å²) in [7, 11) is 1.70. The summed E-state index contributed by atoms with van der Waals surface area (Å²) in [5.41, 5.74) is 2.25. The molecular weight excluding hydrogens is 244 g/mol. The molecule has 0 saturated carbocycles. The maximum atomic E-state index is 5.33. The fourth-order valence-corrected chi connectivity index (χ4v) is 2.60. The topological polar surface area (TPSA) is 34.1 Å². The molecule has 18 heavy (non-hydrogen) atoms. The number of thiazole rings is 1. The average molecular weight is 262 g/mol. The van der Waals surface area contributed by atoms with Gasteiger partial charge in [0, 0.05) is 23.2 Å². The lowest BCUT2D eigenvalue weighted by atomic mass is 10.2. The Hall–Kier alpha value is -1.39. The Labute approximate surface area is 112 Å². The zero-order valence-electron chi connectivity index (χ0n) is 10.9. The third-order valence-electron chi connectivity index (χ3n) is 2.80. The zero-order valence-corrected chi connectivity index (χ0v) is 11.8. The molecule has 0 aliphatic heterocycles. The minimum atomic E-state index is 0.258. The summed E-state index contributed by atoms with van der Waals surface area (Å²) in [6, 6.07) is 8.32. The van der Waals surface area contributed by atoms with E-state index in [0.717, 1.165) is 23.0 Å². The third-order valence-corrected chi connectivity index (χ3v) is 3.94. The first-order chi connectivity index (χ1) is 8.70. The highest BCUT2D eigenvalue weighted by atomic mass is 32.1. The number of aromatic nitrogens is 1. The van der Waals surface area contributed by atoms with Crippen LogP contribution in [-0.4, -0.2) is 12.1 Å². The number of benzene rings is 1. The summed E-state index contributed by atoms with van der Waals surface area (Å²) in [5.74, 6) is 0.924. The van der Waals surface area contributed by atoms with Gasteiger partial charge in [-0.2, -0.15) is 0 Å². The summed E-state index contributed by atoms with van der Waals surface area (Å²) in [6.07, 6.45) is 0. The van der Waals surface area contributed by atoms with Gasteiger partial charge >= 0.3 is 0 Å². The first kappa shape index (κ1) is 13.1. The standard InChI is InChI=1S/C14H18N2OS/c1-10-9-18-14(16-10)11(2)15-8-12-6-4-5-7-13(12)17-3/h4-7,9,11,15H,8H2,1-3H3. The summed E-state index contributed by atoms with van der Waals surface area (Å²) in [6.45, 7) is 4.93. The lowest BCUT2D eigenvalue weighted by Gasteiger charge is -2.13. The van der Waals surface area contributed by atoms with Crippen LogP contribution in [0.25, 0.3) is 0 Å². The molecule has 0 saturated heterocycles. The Morgan fingerprint density at radius 1 is 1.39 bits per heavy atom. The second kappa shape index (κ2) is 5.98. The van der Waals surface area contributed by atoms with E-state index in [1.54, 1.807) is 18.4 Å². The minimum absolute atomic E-state index is 0.258. The van der Waals surface area contributed by atoms with E-state index in [1.807, 2.05) is 25.1 Å². The molecule has 1 aromatic heterocycles. The molecule has 1 atom stereocenters. The molecule has 1 unspecified atom stereocenters. The highest BCUT2D eigenvalue weighted by Gasteiger charge is 2.09. The molecule has 2 aromatic rings. The Balaban J connectivity index is 1.99. The number of rotatable bonds is 5. The third kappa shape index (κ3) is 3.09. The summed E-state index contributed by atoms with van der Waals surface area (Å²) in [5, 5.41) is 6.68. The quantitative estimate of drug-likeness (QED) is 0.897. The number of hydrogen-bond donors (Lipinski definition) is 1. The molecule has 0 aliphatic carbocycles. The van der Waals surface area contributed by atoms with Crippen LogP contribution < -0.4 is 10.1 Å². The van der Waals surface area contributed by atoms with Crippen LogP contribution in [-0.2, 0) is 6.54 Å². The molecule has 0 bridgehead atoms. The molecule has 1 heterocycles. The van der Waals surface area contributed by atoms with Crippen molar-refractivity contribution in [2.24, 2.45) is 0 Å². The lowest BCUT2D eigenvalue weighted by molar-refractivity contribution is 0.406. The van der Waals surface area contributed by atoms with Crippen molar-refractivity contribution in [3.8, 4) is 5.75 Å². The number of aryl methyl sites for hydroxylation is 1. The molecule has 96 valence electrons. The lowest BCUT2D eigenvalue weighted by Crippen LogP contribution is -2.18. The first-order valence-electron chi connectivity index (χ1n) is 5.98. The van der Waals surface area contributed by atoms with E-state index in [-0.39, 0.29) is 6.04 Å². The van der Waals surface area contributed by atoms with Gasteiger partial charge in [-0.05, 0) is 19.9 Å². The Kier molecular flexibility index (Phi) is 4.33. The molecule has 4 heteroatoms. The highest BCUT2D eigenvalue weighted by Crippen LogP contribution is 2.20. The number of para-hydroxylation sites is 1. The summed E-state index contributed by atoms with van der Waals surface area (Å²) < 4.78 is 5.33. The summed E-state index contributed by atoms with van der Waals surface area (Å²) in [4.78, 5) is 4.49. The first-order valence-corrected chi connectivity index (χ1v) is 6.86. The van der Waals surface area contributed by atoms with Crippen LogP contribution in [0.4, 0.5) is 0 Å². The molecule has 2 rings (SSSR count). The van der Waals surface area contributed by atoms with Gasteiger partial charge in [0.05, 0.1) is 13.2 Å². The summed E-state index contributed by atoms with van der Waals surface area (Å²) >= 11 is 1.70. The predicted octanol–water partition coefficient (Wildman–Crippen LogP) is 3.31. The fourth-order valence-electron chi connectivity index (χ4n) is 1.77. The second-order valence-electron chi connectivity index (χ2n) is 4.24. The number of nitrogens with one attached hydrogen (secondary N) is 1. The molecule has 3 nitrogen and oxygen atoms in total. The van der Waals surface area contributed by atoms with Gasteiger partial charge in [-0.3, -0.25) is 0 Å². The van der Waals surface area contributed by atoms with Crippen molar-refractivity contribution in [3.05, 3.63) is 45.9 Å². The normalized spacial score (nSPS) is 12.4. The Morgan fingerprint density at radius 3 is 2.83 bits per heavy atom. The highest BCUT2D eigenvalue weighted by molar-refractivity contribution is 7.09. The Morgan fingerprint density at radius 2 is 2.17 bits per heavy atom. The maximum absolute atomic E-state index is 5.33.